The minimum absolute atomic E-state index is 0.307. The van der Waals surface area contributed by atoms with E-state index < -0.39 is 24.3 Å². The molecular formula is C22H42O6. The monoisotopic (exact) mass is 402 g/mol. The SMILES string of the molecule is CC1(C)OC(O)C(CCCCCCCCCCCCCCCC(=O)O)C(O)O1. The molecule has 0 aromatic carbocycles. The average Bonchev–Trinajstić information content (AvgIpc) is 2.59. The molecular weight excluding hydrogens is 360 g/mol. The number of hydrogen-bond donors (Lipinski definition) is 3. The highest BCUT2D eigenvalue weighted by molar-refractivity contribution is 5.66. The first-order valence-corrected chi connectivity index (χ1v) is 11.3. The lowest BCUT2D eigenvalue weighted by molar-refractivity contribution is -0.400. The summed E-state index contributed by atoms with van der Waals surface area (Å²) in [6.45, 7) is 3.39. The standard InChI is InChI=1S/C22H42O6/c1-22(2)27-20(25)18(21(26)28-22)16-14-12-10-8-6-4-3-5-7-9-11-13-15-17-19(23)24/h18,20-21,25-26H,3-17H2,1-2H3,(H,23,24). The highest BCUT2D eigenvalue weighted by atomic mass is 16.8. The maximum Gasteiger partial charge on any atom is 0.303 e. The molecule has 0 spiro atoms. The molecule has 0 aromatic rings. The predicted molar refractivity (Wildman–Crippen MR) is 109 cm³/mol. The van der Waals surface area contributed by atoms with Gasteiger partial charge in [0.15, 0.2) is 18.4 Å². The Kier molecular flexibility index (Phi) is 13.0. The zero-order chi connectivity index (χ0) is 20.8. The zero-order valence-electron chi connectivity index (χ0n) is 17.9. The summed E-state index contributed by atoms with van der Waals surface area (Å²) in [6, 6.07) is 0. The zero-order valence-corrected chi connectivity index (χ0v) is 17.9. The summed E-state index contributed by atoms with van der Waals surface area (Å²) in [5.41, 5.74) is 0. The van der Waals surface area contributed by atoms with E-state index in [1.807, 2.05) is 0 Å². The van der Waals surface area contributed by atoms with Crippen LogP contribution < -0.4 is 0 Å². The average molecular weight is 403 g/mol. The molecule has 6 heteroatoms. The van der Waals surface area contributed by atoms with Crippen LogP contribution in [0.2, 0.25) is 0 Å². The van der Waals surface area contributed by atoms with Crippen LogP contribution >= 0.6 is 0 Å². The third-order valence-electron chi connectivity index (χ3n) is 5.47. The summed E-state index contributed by atoms with van der Waals surface area (Å²) in [5.74, 6) is -1.98. The van der Waals surface area contributed by atoms with Crippen LogP contribution in [0.5, 0.6) is 0 Å². The van der Waals surface area contributed by atoms with Crippen molar-refractivity contribution in [1.82, 2.24) is 0 Å². The molecule has 1 aliphatic heterocycles. The van der Waals surface area contributed by atoms with Crippen LogP contribution in [0, 0.1) is 5.92 Å². The summed E-state index contributed by atoms with van der Waals surface area (Å²) in [6.07, 6.45) is 14.2. The van der Waals surface area contributed by atoms with Crippen LogP contribution in [-0.2, 0) is 14.3 Å². The van der Waals surface area contributed by atoms with E-state index in [9.17, 15) is 15.0 Å². The number of carboxylic acid groups (broad SMARTS) is 1. The van der Waals surface area contributed by atoms with Gasteiger partial charge in [-0.3, -0.25) is 4.79 Å². The second kappa shape index (κ2) is 14.3. The van der Waals surface area contributed by atoms with Gasteiger partial charge in [-0.05, 0) is 26.7 Å². The van der Waals surface area contributed by atoms with Crippen molar-refractivity contribution in [2.24, 2.45) is 5.92 Å². The third-order valence-corrected chi connectivity index (χ3v) is 5.47. The highest BCUT2D eigenvalue weighted by Gasteiger charge is 2.41. The summed E-state index contributed by atoms with van der Waals surface area (Å²) in [5, 5.41) is 28.6. The molecule has 3 N–H and O–H groups in total. The molecule has 0 amide bonds. The number of carboxylic acids is 1. The first-order valence-electron chi connectivity index (χ1n) is 11.3. The van der Waals surface area contributed by atoms with E-state index in [4.69, 9.17) is 14.6 Å². The molecule has 2 unspecified atom stereocenters. The number of aliphatic hydroxyl groups is 2. The Hall–Kier alpha value is -0.690. The van der Waals surface area contributed by atoms with Crippen molar-refractivity contribution in [3.63, 3.8) is 0 Å². The molecule has 2 atom stereocenters. The van der Waals surface area contributed by atoms with E-state index in [0.717, 1.165) is 32.1 Å². The first kappa shape index (κ1) is 25.3. The normalized spacial score (nSPS) is 24.4. The molecule has 1 fully saturated rings. The van der Waals surface area contributed by atoms with Gasteiger partial charge in [-0.2, -0.15) is 0 Å². The maximum absolute atomic E-state index is 10.4. The van der Waals surface area contributed by atoms with Crippen molar-refractivity contribution < 1.29 is 29.6 Å². The maximum atomic E-state index is 10.4. The Balaban J connectivity index is 1.85. The van der Waals surface area contributed by atoms with Crippen molar-refractivity contribution >= 4 is 5.97 Å². The van der Waals surface area contributed by atoms with Crippen molar-refractivity contribution in [1.29, 1.82) is 0 Å². The molecule has 6 nitrogen and oxygen atoms in total. The fourth-order valence-corrected chi connectivity index (χ4v) is 3.81. The van der Waals surface area contributed by atoms with Gasteiger partial charge in [0.25, 0.3) is 0 Å². The summed E-state index contributed by atoms with van der Waals surface area (Å²) in [7, 11) is 0. The third kappa shape index (κ3) is 12.0. The van der Waals surface area contributed by atoms with Crippen molar-refractivity contribution in [3.8, 4) is 0 Å². The van der Waals surface area contributed by atoms with Gasteiger partial charge in [0.2, 0.25) is 0 Å². The topological polar surface area (TPSA) is 96.2 Å². The number of carbonyl (C=O) groups is 1. The van der Waals surface area contributed by atoms with Crippen LogP contribution in [-0.4, -0.2) is 39.7 Å². The largest absolute Gasteiger partial charge is 0.481 e. The predicted octanol–water partition coefficient (Wildman–Crippen LogP) is 4.96. The molecule has 1 aliphatic rings. The molecule has 1 heterocycles. The number of aliphatic hydroxyl groups excluding tert-OH is 2. The molecule has 0 radical (unpaired) electrons. The van der Waals surface area contributed by atoms with E-state index in [-0.39, 0.29) is 5.92 Å². The van der Waals surface area contributed by atoms with Crippen LogP contribution in [0.3, 0.4) is 0 Å². The fourth-order valence-electron chi connectivity index (χ4n) is 3.81. The van der Waals surface area contributed by atoms with Gasteiger partial charge in [-0.25, -0.2) is 0 Å². The Bertz CT molecular complexity index is 398. The van der Waals surface area contributed by atoms with Crippen molar-refractivity contribution in [2.45, 2.75) is 129 Å². The highest BCUT2D eigenvalue weighted by Crippen LogP contribution is 2.32. The number of ether oxygens (including phenoxy) is 2. The van der Waals surface area contributed by atoms with Gasteiger partial charge in [0, 0.05) is 6.42 Å². The van der Waals surface area contributed by atoms with Crippen LogP contribution in [0.25, 0.3) is 0 Å². The number of aliphatic carboxylic acids is 1. The molecule has 1 saturated heterocycles. The molecule has 166 valence electrons. The van der Waals surface area contributed by atoms with E-state index in [0.29, 0.717) is 12.8 Å². The smallest absolute Gasteiger partial charge is 0.303 e. The summed E-state index contributed by atoms with van der Waals surface area (Å²) in [4.78, 5) is 10.4. The minimum atomic E-state index is -0.962. The van der Waals surface area contributed by atoms with Gasteiger partial charge in [-0.1, -0.05) is 77.0 Å². The summed E-state index contributed by atoms with van der Waals surface area (Å²) >= 11 is 0. The van der Waals surface area contributed by atoms with Crippen molar-refractivity contribution in [3.05, 3.63) is 0 Å². The first-order chi connectivity index (χ1) is 13.3. The lowest BCUT2D eigenvalue weighted by Gasteiger charge is -2.41. The van der Waals surface area contributed by atoms with Gasteiger partial charge in [-0.15, -0.1) is 0 Å². The Morgan fingerprint density at radius 1 is 0.714 bits per heavy atom. The van der Waals surface area contributed by atoms with E-state index in [1.165, 1.54) is 51.4 Å². The molecule has 0 aliphatic carbocycles. The summed E-state index contributed by atoms with van der Waals surface area (Å²) < 4.78 is 10.8. The molecule has 0 bridgehead atoms. The van der Waals surface area contributed by atoms with Crippen LogP contribution in [0.1, 0.15) is 110 Å². The van der Waals surface area contributed by atoms with Crippen LogP contribution in [0.4, 0.5) is 0 Å². The second-order valence-corrected chi connectivity index (χ2v) is 8.61. The van der Waals surface area contributed by atoms with Gasteiger partial charge >= 0.3 is 5.97 Å². The van der Waals surface area contributed by atoms with Gasteiger partial charge in [0.05, 0.1) is 5.92 Å². The molecule has 0 aromatic heterocycles. The van der Waals surface area contributed by atoms with Gasteiger partial charge in [0.1, 0.15) is 0 Å². The van der Waals surface area contributed by atoms with E-state index >= 15 is 0 Å². The number of rotatable bonds is 16. The lowest BCUT2D eigenvalue weighted by Crippen LogP contribution is -2.50. The molecule has 0 saturated carbocycles. The van der Waals surface area contributed by atoms with E-state index in [1.54, 1.807) is 13.8 Å². The second-order valence-electron chi connectivity index (χ2n) is 8.61. The fraction of sp³-hybridized carbons (Fsp3) is 0.955. The van der Waals surface area contributed by atoms with Crippen LogP contribution in [0.15, 0.2) is 0 Å². The minimum Gasteiger partial charge on any atom is -0.481 e. The molecule has 1 rings (SSSR count). The Labute approximate surface area is 170 Å². The Morgan fingerprint density at radius 3 is 1.46 bits per heavy atom. The Morgan fingerprint density at radius 2 is 1.07 bits per heavy atom. The quantitative estimate of drug-likeness (QED) is 0.316. The number of unbranched alkanes of at least 4 members (excludes halogenated alkanes) is 12. The number of hydrogen-bond acceptors (Lipinski definition) is 5. The molecule has 28 heavy (non-hydrogen) atoms. The van der Waals surface area contributed by atoms with Gasteiger partial charge < -0.3 is 24.8 Å². The van der Waals surface area contributed by atoms with E-state index in [2.05, 4.69) is 0 Å². The van der Waals surface area contributed by atoms with Crippen molar-refractivity contribution in [2.75, 3.05) is 0 Å². The lowest BCUT2D eigenvalue weighted by atomic mass is 9.97.